The van der Waals surface area contributed by atoms with Gasteiger partial charge in [-0.1, -0.05) is 18.2 Å². The standard InChI is InChI=1S/C25H28FN3O2/c1-31-23-8-5-19(6-9-23)7-10-24(30)29-13-3-12-28(14-15-29)18-21-17-22(26)16-20-4-2-11-27-25(20)21/h2,4-6,8-9,11,16-17H,3,7,10,12-15,18H2,1H3. The Morgan fingerprint density at radius 2 is 1.94 bits per heavy atom. The molecule has 0 saturated carbocycles. The van der Waals surface area contributed by atoms with E-state index in [1.54, 1.807) is 19.4 Å². The van der Waals surface area contributed by atoms with Crippen molar-refractivity contribution in [2.24, 2.45) is 0 Å². The number of carbonyl (C=O) groups is 1. The van der Waals surface area contributed by atoms with Crippen LogP contribution >= 0.6 is 0 Å². The van der Waals surface area contributed by atoms with Crippen LogP contribution in [0.5, 0.6) is 5.75 Å². The predicted molar refractivity (Wildman–Crippen MR) is 119 cm³/mol. The lowest BCUT2D eigenvalue weighted by Crippen LogP contribution is -2.35. The van der Waals surface area contributed by atoms with Gasteiger partial charge in [0.15, 0.2) is 0 Å². The number of hydrogen-bond acceptors (Lipinski definition) is 4. The maximum Gasteiger partial charge on any atom is 0.222 e. The van der Waals surface area contributed by atoms with Crippen molar-refractivity contribution in [2.45, 2.75) is 25.8 Å². The van der Waals surface area contributed by atoms with Crippen LogP contribution in [0.15, 0.2) is 54.7 Å². The van der Waals surface area contributed by atoms with E-state index in [2.05, 4.69) is 9.88 Å². The number of nitrogens with zero attached hydrogens (tertiary/aromatic N) is 3. The first-order chi connectivity index (χ1) is 15.1. The summed E-state index contributed by atoms with van der Waals surface area (Å²) in [6.45, 7) is 3.76. The fourth-order valence-corrected chi connectivity index (χ4v) is 4.17. The number of aryl methyl sites for hydroxylation is 1. The first-order valence-electron chi connectivity index (χ1n) is 10.8. The fourth-order valence-electron chi connectivity index (χ4n) is 4.17. The van der Waals surface area contributed by atoms with Gasteiger partial charge in [0.2, 0.25) is 5.91 Å². The molecule has 0 unspecified atom stereocenters. The molecule has 3 aromatic rings. The van der Waals surface area contributed by atoms with Crippen molar-refractivity contribution in [3.63, 3.8) is 0 Å². The summed E-state index contributed by atoms with van der Waals surface area (Å²) < 4.78 is 19.2. The van der Waals surface area contributed by atoms with E-state index >= 15 is 0 Å². The Morgan fingerprint density at radius 3 is 2.74 bits per heavy atom. The lowest BCUT2D eigenvalue weighted by atomic mass is 10.1. The molecule has 1 aliphatic heterocycles. The van der Waals surface area contributed by atoms with E-state index in [-0.39, 0.29) is 11.7 Å². The van der Waals surface area contributed by atoms with Crippen molar-refractivity contribution in [3.8, 4) is 5.75 Å². The Bertz CT molecular complexity index is 1040. The largest absolute Gasteiger partial charge is 0.497 e. The summed E-state index contributed by atoms with van der Waals surface area (Å²) >= 11 is 0. The first-order valence-corrected chi connectivity index (χ1v) is 10.8. The number of amides is 1. The first kappa shape index (κ1) is 21.2. The van der Waals surface area contributed by atoms with Crippen molar-refractivity contribution < 1.29 is 13.9 Å². The maximum atomic E-state index is 14.1. The molecule has 2 aromatic carbocycles. The minimum Gasteiger partial charge on any atom is -0.497 e. The van der Waals surface area contributed by atoms with Gasteiger partial charge in [-0.2, -0.15) is 0 Å². The molecule has 162 valence electrons. The number of methoxy groups -OCH3 is 1. The number of carbonyl (C=O) groups excluding carboxylic acids is 1. The van der Waals surface area contributed by atoms with Gasteiger partial charge in [0.25, 0.3) is 0 Å². The molecular formula is C25H28FN3O2. The van der Waals surface area contributed by atoms with E-state index in [0.717, 1.165) is 60.3 Å². The van der Waals surface area contributed by atoms with Gasteiger partial charge >= 0.3 is 0 Å². The average Bonchev–Trinajstić information content (AvgIpc) is 3.03. The summed E-state index contributed by atoms with van der Waals surface area (Å²) in [5.74, 6) is 0.778. The van der Waals surface area contributed by atoms with Crippen LogP contribution in [-0.4, -0.2) is 54.0 Å². The molecule has 5 nitrogen and oxygen atoms in total. The van der Waals surface area contributed by atoms with Crippen LogP contribution in [0.2, 0.25) is 0 Å². The van der Waals surface area contributed by atoms with Gasteiger partial charge in [-0.25, -0.2) is 4.39 Å². The molecule has 1 saturated heterocycles. The second-order valence-corrected chi connectivity index (χ2v) is 8.00. The van der Waals surface area contributed by atoms with Gasteiger partial charge in [-0.15, -0.1) is 0 Å². The van der Waals surface area contributed by atoms with Gasteiger partial charge in [-0.3, -0.25) is 14.7 Å². The van der Waals surface area contributed by atoms with E-state index in [0.29, 0.717) is 19.5 Å². The van der Waals surface area contributed by atoms with Crippen molar-refractivity contribution >= 4 is 16.8 Å². The van der Waals surface area contributed by atoms with Gasteiger partial charge in [-0.05, 0) is 54.3 Å². The van der Waals surface area contributed by atoms with Crippen molar-refractivity contribution in [2.75, 3.05) is 33.3 Å². The van der Waals surface area contributed by atoms with E-state index in [4.69, 9.17) is 4.74 Å². The zero-order valence-electron chi connectivity index (χ0n) is 17.9. The predicted octanol–water partition coefficient (Wildman–Crippen LogP) is 4.05. The Kier molecular flexibility index (Phi) is 6.77. The molecule has 0 spiro atoms. The molecule has 31 heavy (non-hydrogen) atoms. The maximum absolute atomic E-state index is 14.1. The van der Waals surface area contributed by atoms with Crippen molar-refractivity contribution in [1.82, 2.24) is 14.8 Å². The van der Waals surface area contributed by atoms with Gasteiger partial charge < -0.3 is 9.64 Å². The molecule has 0 bridgehead atoms. The zero-order valence-corrected chi connectivity index (χ0v) is 17.9. The van der Waals surface area contributed by atoms with Crippen molar-refractivity contribution in [1.29, 1.82) is 0 Å². The second-order valence-electron chi connectivity index (χ2n) is 8.00. The Hall–Kier alpha value is -2.99. The topological polar surface area (TPSA) is 45.7 Å². The minimum absolute atomic E-state index is 0.190. The third-order valence-electron chi connectivity index (χ3n) is 5.87. The third kappa shape index (κ3) is 5.39. The summed E-state index contributed by atoms with van der Waals surface area (Å²) in [6.07, 6.45) is 3.89. The highest BCUT2D eigenvalue weighted by Gasteiger charge is 2.20. The molecule has 1 aromatic heterocycles. The number of halogens is 1. The normalized spacial score (nSPS) is 15.1. The summed E-state index contributed by atoms with van der Waals surface area (Å²) in [7, 11) is 1.65. The van der Waals surface area contributed by atoms with E-state index in [9.17, 15) is 9.18 Å². The zero-order chi connectivity index (χ0) is 21.6. The lowest BCUT2D eigenvalue weighted by Gasteiger charge is -2.22. The van der Waals surface area contributed by atoms with E-state index in [1.807, 2.05) is 41.3 Å². The highest BCUT2D eigenvalue weighted by molar-refractivity contribution is 5.81. The van der Waals surface area contributed by atoms with Crippen LogP contribution < -0.4 is 4.74 Å². The number of pyridine rings is 1. The number of hydrogen-bond donors (Lipinski definition) is 0. The Morgan fingerprint density at radius 1 is 1.10 bits per heavy atom. The van der Waals surface area contributed by atoms with Crippen LogP contribution in [0.4, 0.5) is 4.39 Å². The van der Waals surface area contributed by atoms with Gasteiger partial charge in [0.1, 0.15) is 11.6 Å². The summed E-state index contributed by atoms with van der Waals surface area (Å²) in [6, 6.07) is 14.7. The van der Waals surface area contributed by atoms with Gasteiger partial charge in [0, 0.05) is 50.7 Å². The van der Waals surface area contributed by atoms with Crippen LogP contribution in [0, 0.1) is 5.82 Å². The number of rotatable bonds is 6. The summed E-state index contributed by atoms with van der Waals surface area (Å²) in [4.78, 5) is 21.5. The molecule has 0 N–H and O–H groups in total. The van der Waals surface area contributed by atoms with Crippen LogP contribution in [0.3, 0.4) is 0 Å². The molecule has 1 aliphatic rings. The Balaban J connectivity index is 1.33. The molecular weight excluding hydrogens is 393 g/mol. The van der Waals surface area contributed by atoms with Gasteiger partial charge in [0.05, 0.1) is 12.6 Å². The number of fused-ring (bicyclic) bond motifs is 1. The van der Waals surface area contributed by atoms with Crippen LogP contribution in [0.1, 0.15) is 24.0 Å². The molecule has 0 radical (unpaired) electrons. The van der Waals surface area contributed by atoms with E-state index in [1.165, 1.54) is 6.07 Å². The summed E-state index contributed by atoms with van der Waals surface area (Å²) in [5, 5.41) is 0.822. The quantitative estimate of drug-likeness (QED) is 0.602. The smallest absolute Gasteiger partial charge is 0.222 e. The lowest BCUT2D eigenvalue weighted by molar-refractivity contribution is -0.131. The summed E-state index contributed by atoms with van der Waals surface area (Å²) in [5.41, 5.74) is 2.88. The van der Waals surface area contributed by atoms with Crippen molar-refractivity contribution in [3.05, 3.63) is 71.7 Å². The fraction of sp³-hybridized carbons (Fsp3) is 0.360. The molecule has 6 heteroatoms. The second kappa shape index (κ2) is 9.88. The number of ether oxygens (including phenoxy) is 1. The molecule has 1 amide bonds. The SMILES string of the molecule is COc1ccc(CCC(=O)N2CCCN(Cc3cc(F)cc4cccnc34)CC2)cc1. The van der Waals surface area contributed by atoms with E-state index < -0.39 is 0 Å². The molecule has 1 fully saturated rings. The molecule has 4 rings (SSSR count). The highest BCUT2D eigenvalue weighted by Crippen LogP contribution is 2.21. The molecule has 2 heterocycles. The minimum atomic E-state index is -0.236. The number of benzene rings is 2. The monoisotopic (exact) mass is 421 g/mol. The van der Waals surface area contributed by atoms with Crippen LogP contribution in [0.25, 0.3) is 10.9 Å². The average molecular weight is 422 g/mol. The van der Waals surface area contributed by atoms with Crippen LogP contribution in [-0.2, 0) is 17.8 Å². The Labute approximate surface area is 182 Å². The molecule has 0 atom stereocenters. The molecule has 0 aliphatic carbocycles. The number of aromatic nitrogens is 1. The third-order valence-corrected chi connectivity index (χ3v) is 5.87. The highest BCUT2D eigenvalue weighted by atomic mass is 19.1.